The summed E-state index contributed by atoms with van der Waals surface area (Å²) in [6.45, 7) is 7.30. The molecule has 0 bridgehead atoms. The van der Waals surface area contributed by atoms with Gasteiger partial charge in [0.25, 0.3) is 0 Å². The van der Waals surface area contributed by atoms with Crippen LogP contribution < -0.4 is 10.1 Å². The Morgan fingerprint density at radius 2 is 2.05 bits per heavy atom. The van der Waals surface area contributed by atoms with Crippen LogP contribution in [0.4, 0.5) is 0 Å². The van der Waals surface area contributed by atoms with Gasteiger partial charge in [-0.15, -0.1) is 0 Å². The smallest absolute Gasteiger partial charge is 0.119 e. The second-order valence-corrected chi connectivity index (χ2v) is 5.76. The predicted molar refractivity (Wildman–Crippen MR) is 84.5 cm³/mol. The monoisotopic (exact) mass is 279 g/mol. The van der Waals surface area contributed by atoms with Crippen LogP contribution in [0.3, 0.4) is 0 Å². The molecule has 0 radical (unpaired) electrons. The fraction of sp³-hybridized carbons (Fsp3) is 0.647. The molecule has 20 heavy (non-hydrogen) atoms. The number of hydrogen-bond donors (Lipinski definition) is 1. The SMILES string of the molecule is CCCC(C)(CNCCOC)Cc1cccc(OC)c1. The van der Waals surface area contributed by atoms with Crippen LogP contribution in [0.5, 0.6) is 5.75 Å². The summed E-state index contributed by atoms with van der Waals surface area (Å²) in [6, 6.07) is 8.39. The van der Waals surface area contributed by atoms with Crippen molar-refractivity contribution in [2.24, 2.45) is 5.41 Å². The molecule has 1 atom stereocenters. The Balaban J connectivity index is 2.63. The maximum absolute atomic E-state index is 5.31. The molecule has 0 heterocycles. The third-order valence-corrected chi connectivity index (χ3v) is 3.65. The molecule has 0 aliphatic rings. The van der Waals surface area contributed by atoms with Crippen molar-refractivity contribution in [3.63, 3.8) is 0 Å². The predicted octanol–water partition coefficient (Wildman–Crippen LogP) is 3.28. The van der Waals surface area contributed by atoms with E-state index in [0.717, 1.165) is 31.9 Å². The van der Waals surface area contributed by atoms with Gasteiger partial charge in [-0.2, -0.15) is 0 Å². The Labute approximate surface area is 123 Å². The Morgan fingerprint density at radius 1 is 1.25 bits per heavy atom. The number of methoxy groups -OCH3 is 2. The fourth-order valence-corrected chi connectivity index (χ4v) is 2.68. The van der Waals surface area contributed by atoms with E-state index in [4.69, 9.17) is 9.47 Å². The summed E-state index contributed by atoms with van der Waals surface area (Å²) in [5, 5.41) is 3.50. The van der Waals surface area contributed by atoms with Crippen LogP contribution in [0.2, 0.25) is 0 Å². The zero-order chi connectivity index (χ0) is 14.8. The molecule has 0 fully saturated rings. The van der Waals surface area contributed by atoms with Crippen molar-refractivity contribution >= 4 is 0 Å². The maximum atomic E-state index is 5.31. The Kier molecular flexibility index (Phi) is 7.63. The summed E-state index contributed by atoms with van der Waals surface area (Å²) in [5.41, 5.74) is 1.61. The molecule has 0 aliphatic carbocycles. The molecule has 1 N–H and O–H groups in total. The molecule has 1 unspecified atom stereocenters. The van der Waals surface area contributed by atoms with Gasteiger partial charge >= 0.3 is 0 Å². The summed E-state index contributed by atoms with van der Waals surface area (Å²) >= 11 is 0. The lowest BCUT2D eigenvalue weighted by molar-refractivity contribution is 0.190. The molecule has 1 aromatic rings. The van der Waals surface area contributed by atoms with Gasteiger partial charge in [0.15, 0.2) is 0 Å². The van der Waals surface area contributed by atoms with Crippen LogP contribution in [0.15, 0.2) is 24.3 Å². The quantitative estimate of drug-likeness (QED) is 0.667. The molecule has 0 saturated carbocycles. The van der Waals surface area contributed by atoms with Crippen molar-refractivity contribution in [1.29, 1.82) is 0 Å². The van der Waals surface area contributed by atoms with Crippen LogP contribution in [0, 0.1) is 5.41 Å². The highest BCUT2D eigenvalue weighted by molar-refractivity contribution is 5.29. The summed E-state index contributed by atoms with van der Waals surface area (Å²) in [5.74, 6) is 0.939. The van der Waals surface area contributed by atoms with E-state index in [9.17, 15) is 0 Å². The Morgan fingerprint density at radius 3 is 2.70 bits per heavy atom. The minimum absolute atomic E-state index is 0.273. The minimum Gasteiger partial charge on any atom is -0.497 e. The van der Waals surface area contributed by atoms with E-state index in [1.54, 1.807) is 14.2 Å². The van der Waals surface area contributed by atoms with Gasteiger partial charge in [-0.25, -0.2) is 0 Å². The highest BCUT2D eigenvalue weighted by atomic mass is 16.5. The summed E-state index contributed by atoms with van der Waals surface area (Å²) in [4.78, 5) is 0. The first-order valence-electron chi connectivity index (χ1n) is 7.46. The topological polar surface area (TPSA) is 30.5 Å². The van der Waals surface area contributed by atoms with E-state index in [0.29, 0.717) is 0 Å². The van der Waals surface area contributed by atoms with E-state index in [1.165, 1.54) is 18.4 Å². The number of benzene rings is 1. The highest BCUT2D eigenvalue weighted by Gasteiger charge is 2.23. The van der Waals surface area contributed by atoms with Gasteiger partial charge in [-0.1, -0.05) is 32.4 Å². The first kappa shape index (κ1) is 17.0. The van der Waals surface area contributed by atoms with E-state index >= 15 is 0 Å². The molecule has 1 rings (SSSR count). The van der Waals surface area contributed by atoms with Gasteiger partial charge in [-0.05, 0) is 36.0 Å². The molecule has 3 heteroatoms. The van der Waals surface area contributed by atoms with Crippen molar-refractivity contribution in [1.82, 2.24) is 5.32 Å². The summed E-state index contributed by atoms with van der Waals surface area (Å²) < 4.78 is 10.4. The third-order valence-electron chi connectivity index (χ3n) is 3.65. The van der Waals surface area contributed by atoms with Crippen molar-refractivity contribution < 1.29 is 9.47 Å². The number of hydrogen-bond acceptors (Lipinski definition) is 3. The van der Waals surface area contributed by atoms with Crippen molar-refractivity contribution in [2.75, 3.05) is 33.9 Å². The van der Waals surface area contributed by atoms with E-state index in [2.05, 4.69) is 37.4 Å². The lowest BCUT2D eigenvalue weighted by Gasteiger charge is -2.30. The molecular formula is C17H29NO2. The van der Waals surface area contributed by atoms with Crippen LogP contribution >= 0.6 is 0 Å². The Bertz CT molecular complexity index is 381. The standard InChI is InChI=1S/C17H29NO2/c1-5-9-17(2,14-18-10-11-19-3)13-15-7-6-8-16(12-15)20-4/h6-8,12,18H,5,9-11,13-14H2,1-4H3. The molecule has 1 aromatic carbocycles. The second kappa shape index (κ2) is 8.98. The van der Waals surface area contributed by atoms with Gasteiger partial charge in [0.1, 0.15) is 5.75 Å². The van der Waals surface area contributed by atoms with Gasteiger partial charge in [-0.3, -0.25) is 0 Å². The molecule has 0 aromatic heterocycles. The number of rotatable bonds is 10. The minimum atomic E-state index is 0.273. The summed E-state index contributed by atoms with van der Waals surface area (Å²) in [7, 11) is 3.46. The first-order chi connectivity index (χ1) is 9.63. The molecule has 114 valence electrons. The molecule has 0 saturated heterocycles. The summed E-state index contributed by atoms with van der Waals surface area (Å²) in [6.07, 6.45) is 3.48. The highest BCUT2D eigenvalue weighted by Crippen LogP contribution is 2.28. The number of ether oxygens (including phenoxy) is 2. The van der Waals surface area contributed by atoms with Crippen molar-refractivity contribution in [3.8, 4) is 5.75 Å². The lowest BCUT2D eigenvalue weighted by Crippen LogP contribution is -2.35. The van der Waals surface area contributed by atoms with Crippen molar-refractivity contribution in [2.45, 2.75) is 33.1 Å². The van der Waals surface area contributed by atoms with Gasteiger partial charge < -0.3 is 14.8 Å². The third kappa shape index (κ3) is 5.93. The molecule has 3 nitrogen and oxygen atoms in total. The molecular weight excluding hydrogens is 250 g/mol. The second-order valence-electron chi connectivity index (χ2n) is 5.76. The van der Waals surface area contributed by atoms with Gasteiger partial charge in [0.2, 0.25) is 0 Å². The average molecular weight is 279 g/mol. The molecule has 0 amide bonds. The van der Waals surface area contributed by atoms with Crippen LogP contribution in [-0.4, -0.2) is 33.9 Å². The zero-order valence-electron chi connectivity index (χ0n) is 13.4. The first-order valence-corrected chi connectivity index (χ1v) is 7.46. The maximum Gasteiger partial charge on any atom is 0.119 e. The molecule has 0 spiro atoms. The van der Waals surface area contributed by atoms with Crippen LogP contribution in [-0.2, 0) is 11.2 Å². The normalized spacial score (nSPS) is 14.0. The largest absolute Gasteiger partial charge is 0.497 e. The van der Waals surface area contributed by atoms with Crippen LogP contribution in [0.25, 0.3) is 0 Å². The van der Waals surface area contributed by atoms with E-state index < -0.39 is 0 Å². The lowest BCUT2D eigenvalue weighted by atomic mass is 9.79. The molecule has 0 aliphatic heterocycles. The zero-order valence-corrected chi connectivity index (χ0v) is 13.4. The fourth-order valence-electron chi connectivity index (χ4n) is 2.68. The van der Waals surface area contributed by atoms with E-state index in [1.807, 2.05) is 6.07 Å². The average Bonchev–Trinajstić information content (AvgIpc) is 2.44. The number of nitrogens with one attached hydrogen (secondary N) is 1. The van der Waals surface area contributed by atoms with Gasteiger partial charge in [0, 0.05) is 20.2 Å². The van der Waals surface area contributed by atoms with E-state index in [-0.39, 0.29) is 5.41 Å². The van der Waals surface area contributed by atoms with Crippen molar-refractivity contribution in [3.05, 3.63) is 29.8 Å². The van der Waals surface area contributed by atoms with Crippen LogP contribution in [0.1, 0.15) is 32.3 Å². The Hall–Kier alpha value is -1.06. The van der Waals surface area contributed by atoms with Gasteiger partial charge in [0.05, 0.1) is 13.7 Å².